The molecule has 1 atom stereocenters. The van der Waals surface area contributed by atoms with Gasteiger partial charge in [-0.05, 0) is 31.9 Å². The lowest BCUT2D eigenvalue weighted by Crippen LogP contribution is -2.52. The van der Waals surface area contributed by atoms with Crippen LogP contribution in [-0.4, -0.2) is 69.4 Å². The van der Waals surface area contributed by atoms with E-state index in [9.17, 15) is 18.4 Å². The van der Waals surface area contributed by atoms with Crippen molar-refractivity contribution in [3.05, 3.63) is 35.5 Å². The second kappa shape index (κ2) is 9.19. The van der Waals surface area contributed by atoms with Gasteiger partial charge in [0.05, 0.1) is 12.7 Å². The number of amides is 2. The number of methoxy groups -OCH3 is 1. The van der Waals surface area contributed by atoms with Crippen LogP contribution in [0, 0.1) is 0 Å². The largest absolute Gasteiger partial charge is 0.755 e. The summed E-state index contributed by atoms with van der Waals surface area (Å²) in [7, 11) is 1.42. The van der Waals surface area contributed by atoms with E-state index in [2.05, 4.69) is 9.71 Å². The lowest BCUT2D eigenvalue weighted by Gasteiger charge is -2.35. The molecule has 3 rings (SSSR count). The third-order valence-electron chi connectivity index (χ3n) is 4.87. The Morgan fingerprint density at radius 3 is 2.41 bits per heavy atom. The Morgan fingerprint density at radius 2 is 1.83 bits per heavy atom. The number of hydrogen-bond donors (Lipinski definition) is 1. The monoisotopic (exact) mass is 419 g/mol. The SMILES string of the molecule is COc1cc(NS(=O)[O-])ccc1C(=O)N1CCN(C(=O)C2=NC(C)=CCC2)CC1. The molecule has 0 aliphatic carbocycles. The minimum Gasteiger partial charge on any atom is -0.755 e. The van der Waals surface area contributed by atoms with Crippen molar-refractivity contribution in [2.45, 2.75) is 19.8 Å². The molecule has 0 aromatic heterocycles. The number of hydrogen-bond acceptors (Lipinski definition) is 6. The summed E-state index contributed by atoms with van der Waals surface area (Å²) in [6.45, 7) is 3.56. The van der Waals surface area contributed by atoms with E-state index >= 15 is 0 Å². The van der Waals surface area contributed by atoms with Crippen LogP contribution in [0.25, 0.3) is 0 Å². The van der Waals surface area contributed by atoms with Gasteiger partial charge in [0.15, 0.2) is 0 Å². The van der Waals surface area contributed by atoms with Crippen molar-refractivity contribution in [1.29, 1.82) is 0 Å². The molecule has 10 heteroatoms. The number of carbonyl (C=O) groups excluding carboxylic acids is 2. The minimum atomic E-state index is -2.46. The molecule has 1 aromatic carbocycles. The van der Waals surface area contributed by atoms with Gasteiger partial charge in [0.2, 0.25) is 0 Å². The fourth-order valence-corrected chi connectivity index (χ4v) is 3.70. The van der Waals surface area contributed by atoms with Crippen LogP contribution >= 0.6 is 0 Å². The predicted molar refractivity (Wildman–Crippen MR) is 108 cm³/mol. The first-order chi connectivity index (χ1) is 13.9. The van der Waals surface area contributed by atoms with Crippen LogP contribution in [0.15, 0.2) is 35.0 Å². The zero-order chi connectivity index (χ0) is 21.0. The minimum absolute atomic E-state index is 0.0665. The van der Waals surface area contributed by atoms with Crippen molar-refractivity contribution >= 4 is 34.5 Å². The van der Waals surface area contributed by atoms with E-state index in [4.69, 9.17) is 4.74 Å². The number of allylic oxidation sites excluding steroid dienone is 2. The van der Waals surface area contributed by atoms with Crippen molar-refractivity contribution in [3.8, 4) is 5.75 Å². The highest BCUT2D eigenvalue weighted by Gasteiger charge is 2.28. The van der Waals surface area contributed by atoms with Crippen molar-refractivity contribution < 1.29 is 23.1 Å². The fraction of sp³-hybridized carbons (Fsp3) is 0.421. The number of nitrogens with zero attached hydrogens (tertiary/aromatic N) is 3. The summed E-state index contributed by atoms with van der Waals surface area (Å²) >= 11 is -2.46. The van der Waals surface area contributed by atoms with Crippen molar-refractivity contribution in [2.75, 3.05) is 38.0 Å². The van der Waals surface area contributed by atoms with E-state index in [0.29, 0.717) is 49.6 Å². The maximum absolute atomic E-state index is 12.9. The highest BCUT2D eigenvalue weighted by Crippen LogP contribution is 2.25. The number of ether oxygens (including phenoxy) is 1. The van der Waals surface area contributed by atoms with E-state index in [0.717, 1.165) is 12.1 Å². The lowest BCUT2D eigenvalue weighted by atomic mass is 10.1. The van der Waals surface area contributed by atoms with Gasteiger partial charge in [0.1, 0.15) is 11.5 Å². The van der Waals surface area contributed by atoms with Crippen LogP contribution in [0.4, 0.5) is 5.69 Å². The number of carbonyl (C=O) groups is 2. The summed E-state index contributed by atoms with van der Waals surface area (Å²) in [6.07, 6.45) is 3.47. The molecule has 1 fully saturated rings. The summed E-state index contributed by atoms with van der Waals surface area (Å²) in [5, 5.41) is 0. The molecule has 1 N–H and O–H groups in total. The van der Waals surface area contributed by atoms with Crippen LogP contribution in [0.2, 0.25) is 0 Å². The molecule has 0 spiro atoms. The average Bonchev–Trinajstić information content (AvgIpc) is 2.72. The molecule has 0 bridgehead atoms. The zero-order valence-electron chi connectivity index (χ0n) is 16.3. The molecule has 156 valence electrons. The molecule has 29 heavy (non-hydrogen) atoms. The summed E-state index contributed by atoms with van der Waals surface area (Å²) < 4.78 is 29.0. The van der Waals surface area contributed by atoms with Crippen LogP contribution in [0.5, 0.6) is 5.75 Å². The zero-order valence-corrected chi connectivity index (χ0v) is 17.2. The highest BCUT2D eigenvalue weighted by atomic mass is 32.2. The molecule has 1 unspecified atom stereocenters. The molecular weight excluding hydrogens is 396 g/mol. The Balaban J connectivity index is 1.65. The molecule has 9 nitrogen and oxygen atoms in total. The topological polar surface area (TPSA) is 114 Å². The Bertz CT molecular complexity index is 891. The Morgan fingerprint density at radius 1 is 1.17 bits per heavy atom. The number of rotatable bonds is 5. The van der Waals surface area contributed by atoms with Gasteiger partial charge in [0, 0.05) is 54.9 Å². The van der Waals surface area contributed by atoms with Crippen LogP contribution in [0.3, 0.4) is 0 Å². The summed E-state index contributed by atoms with van der Waals surface area (Å²) in [5.74, 6) is -0.0107. The quantitative estimate of drug-likeness (QED) is 0.723. The van der Waals surface area contributed by atoms with Gasteiger partial charge in [-0.15, -0.1) is 0 Å². The number of nitrogens with one attached hydrogen (secondary N) is 1. The van der Waals surface area contributed by atoms with Gasteiger partial charge < -0.3 is 23.8 Å². The molecular formula is C19H23N4O5S-. The molecule has 2 heterocycles. The normalized spacial score (nSPS) is 17.9. The molecule has 1 saturated heterocycles. The predicted octanol–water partition coefficient (Wildman–Crippen LogP) is 1.32. The first-order valence-electron chi connectivity index (χ1n) is 9.26. The smallest absolute Gasteiger partial charge is 0.268 e. The summed E-state index contributed by atoms with van der Waals surface area (Å²) in [5.41, 5.74) is 2.08. The van der Waals surface area contributed by atoms with Crippen molar-refractivity contribution in [1.82, 2.24) is 9.80 Å². The fourth-order valence-electron chi connectivity index (χ4n) is 3.38. The van der Waals surface area contributed by atoms with Crippen LogP contribution < -0.4 is 9.46 Å². The van der Waals surface area contributed by atoms with Crippen LogP contribution in [-0.2, 0) is 16.1 Å². The second-order valence-electron chi connectivity index (χ2n) is 6.78. The van der Waals surface area contributed by atoms with Gasteiger partial charge in [-0.1, -0.05) is 6.08 Å². The summed E-state index contributed by atoms with van der Waals surface area (Å²) in [4.78, 5) is 33.3. The third kappa shape index (κ3) is 5.01. The van der Waals surface area contributed by atoms with E-state index < -0.39 is 11.3 Å². The first kappa shape index (κ1) is 21.0. The number of benzene rings is 1. The van der Waals surface area contributed by atoms with Crippen LogP contribution in [0.1, 0.15) is 30.1 Å². The lowest BCUT2D eigenvalue weighted by molar-refractivity contribution is -0.125. The van der Waals surface area contributed by atoms with E-state index in [1.54, 1.807) is 9.80 Å². The van der Waals surface area contributed by atoms with Gasteiger partial charge in [-0.3, -0.25) is 18.8 Å². The maximum atomic E-state index is 12.9. The van der Waals surface area contributed by atoms with E-state index in [1.165, 1.54) is 25.3 Å². The standard InChI is InChI=1S/C19H24N4O5S/c1-13-4-3-5-16(20-13)19(25)23-10-8-22(9-11-23)18(24)15-7-6-14(21-29(26)27)12-17(15)28-2/h4,6-7,12,21H,3,5,8-11H2,1-2H3,(H,26,27)/p-1. The molecule has 1 aromatic rings. The molecule has 2 aliphatic rings. The maximum Gasteiger partial charge on any atom is 0.268 e. The molecule has 2 amide bonds. The second-order valence-corrected chi connectivity index (χ2v) is 7.45. The van der Waals surface area contributed by atoms with E-state index in [-0.39, 0.29) is 17.6 Å². The number of aliphatic imine (C=N–C) groups is 1. The molecule has 2 aliphatic heterocycles. The molecule has 0 saturated carbocycles. The average molecular weight is 419 g/mol. The van der Waals surface area contributed by atoms with E-state index in [1.807, 2.05) is 13.0 Å². The van der Waals surface area contributed by atoms with Gasteiger partial charge in [-0.25, -0.2) is 0 Å². The number of piperazine rings is 1. The van der Waals surface area contributed by atoms with Crippen molar-refractivity contribution in [2.24, 2.45) is 4.99 Å². The summed E-state index contributed by atoms with van der Waals surface area (Å²) in [6, 6.07) is 4.49. The number of anilines is 1. The molecule has 0 radical (unpaired) electrons. The van der Waals surface area contributed by atoms with Gasteiger partial charge >= 0.3 is 0 Å². The Kier molecular flexibility index (Phi) is 6.65. The highest BCUT2D eigenvalue weighted by molar-refractivity contribution is 7.80. The van der Waals surface area contributed by atoms with Gasteiger partial charge in [-0.2, -0.15) is 0 Å². The Labute approximate surface area is 171 Å². The Hall–Kier alpha value is -2.72. The van der Waals surface area contributed by atoms with Gasteiger partial charge in [0.25, 0.3) is 11.8 Å². The third-order valence-corrected chi connectivity index (χ3v) is 5.27. The van der Waals surface area contributed by atoms with Crippen molar-refractivity contribution in [3.63, 3.8) is 0 Å². The first-order valence-corrected chi connectivity index (χ1v) is 10.3.